The molecule has 3 N–H and O–H groups in total. The van der Waals surface area contributed by atoms with Gasteiger partial charge in [0, 0.05) is 0 Å². The van der Waals surface area contributed by atoms with Crippen LogP contribution in [0.2, 0.25) is 0 Å². The monoisotopic (exact) mass is 249 g/mol. The predicted octanol–water partition coefficient (Wildman–Crippen LogP) is 2.29. The highest BCUT2D eigenvalue weighted by Gasteiger charge is 2.07. The van der Waals surface area contributed by atoms with Crippen LogP contribution in [0.5, 0.6) is 5.75 Å². The third-order valence-electron chi connectivity index (χ3n) is 2.27. The van der Waals surface area contributed by atoms with Crippen LogP contribution in [-0.2, 0) is 4.79 Å². The van der Waals surface area contributed by atoms with Crippen molar-refractivity contribution in [1.29, 1.82) is 0 Å². The van der Waals surface area contributed by atoms with Crippen molar-refractivity contribution in [3.8, 4) is 5.75 Å². The molecule has 0 bridgehead atoms. The normalized spacial score (nSPS) is 12.9. The Kier molecular flexibility index (Phi) is 5.39. The highest BCUT2D eigenvalue weighted by atomic mass is 16.5. The average molecular weight is 249 g/mol. The molecule has 1 unspecified atom stereocenters. The first-order valence-electron chi connectivity index (χ1n) is 5.90. The summed E-state index contributed by atoms with van der Waals surface area (Å²) in [5.41, 5.74) is 6.38. The highest BCUT2D eigenvalue weighted by Crippen LogP contribution is 2.14. The molecule has 0 radical (unpaired) electrons. The molecule has 1 atom stereocenters. The zero-order valence-corrected chi connectivity index (χ0v) is 10.7. The summed E-state index contributed by atoms with van der Waals surface area (Å²) < 4.78 is 5.52. The molecule has 0 fully saturated rings. The summed E-state index contributed by atoms with van der Waals surface area (Å²) in [7, 11) is 0. The second kappa shape index (κ2) is 6.81. The predicted molar refractivity (Wildman–Crippen MR) is 71.5 cm³/mol. The van der Waals surface area contributed by atoms with Gasteiger partial charge in [0.05, 0.1) is 6.10 Å². The topological polar surface area (TPSA) is 72.5 Å². The highest BCUT2D eigenvalue weighted by molar-refractivity contribution is 5.73. The molecule has 18 heavy (non-hydrogen) atoms. The van der Waals surface area contributed by atoms with Gasteiger partial charge in [-0.1, -0.05) is 24.3 Å². The maximum Gasteiger partial charge on any atom is 0.320 e. The molecule has 0 aliphatic carbocycles. The molecule has 0 aliphatic heterocycles. The first-order chi connectivity index (χ1) is 8.49. The van der Waals surface area contributed by atoms with Crippen molar-refractivity contribution in [2.75, 3.05) is 0 Å². The molecule has 0 amide bonds. The van der Waals surface area contributed by atoms with Gasteiger partial charge in [0.25, 0.3) is 0 Å². The van der Waals surface area contributed by atoms with E-state index in [9.17, 15) is 4.79 Å². The van der Waals surface area contributed by atoms with Gasteiger partial charge < -0.3 is 15.6 Å². The summed E-state index contributed by atoms with van der Waals surface area (Å²) in [4.78, 5) is 10.5. The Morgan fingerprint density at radius 3 is 2.50 bits per heavy atom. The molecule has 98 valence electrons. The van der Waals surface area contributed by atoms with Crippen LogP contribution in [0, 0.1) is 0 Å². The summed E-state index contributed by atoms with van der Waals surface area (Å²) in [6.45, 7) is 3.95. The molecule has 0 spiro atoms. The van der Waals surface area contributed by atoms with Crippen LogP contribution >= 0.6 is 0 Å². The number of carbonyl (C=O) groups is 1. The molecular weight excluding hydrogens is 230 g/mol. The minimum absolute atomic E-state index is 0.153. The van der Waals surface area contributed by atoms with Crippen molar-refractivity contribution in [1.82, 2.24) is 0 Å². The fourth-order valence-electron chi connectivity index (χ4n) is 1.38. The lowest BCUT2D eigenvalue weighted by Gasteiger charge is -2.09. The molecule has 1 aromatic rings. The largest absolute Gasteiger partial charge is 0.491 e. The fraction of sp³-hybridized carbons (Fsp3) is 0.357. The molecule has 0 aromatic heterocycles. The second-order valence-electron chi connectivity index (χ2n) is 4.32. The van der Waals surface area contributed by atoms with E-state index < -0.39 is 12.0 Å². The number of hydrogen-bond acceptors (Lipinski definition) is 3. The van der Waals surface area contributed by atoms with Crippen LogP contribution < -0.4 is 10.5 Å². The molecule has 1 rings (SSSR count). The third-order valence-corrected chi connectivity index (χ3v) is 2.27. The van der Waals surface area contributed by atoms with Gasteiger partial charge in [-0.15, -0.1) is 0 Å². The Morgan fingerprint density at radius 2 is 2.00 bits per heavy atom. The first kappa shape index (κ1) is 14.3. The zero-order valence-electron chi connectivity index (χ0n) is 10.7. The van der Waals surface area contributed by atoms with Crippen molar-refractivity contribution < 1.29 is 14.6 Å². The molecular formula is C14H19NO3. The summed E-state index contributed by atoms with van der Waals surface area (Å²) in [6, 6.07) is 6.76. The molecule has 0 saturated heterocycles. The molecule has 1 aromatic carbocycles. The number of carboxylic acid groups (broad SMARTS) is 1. The number of benzene rings is 1. The average Bonchev–Trinajstić information content (AvgIpc) is 2.30. The van der Waals surface area contributed by atoms with E-state index in [1.165, 1.54) is 0 Å². The van der Waals surface area contributed by atoms with E-state index in [0.717, 1.165) is 11.3 Å². The van der Waals surface area contributed by atoms with Crippen LogP contribution in [0.3, 0.4) is 0 Å². The van der Waals surface area contributed by atoms with E-state index >= 15 is 0 Å². The minimum Gasteiger partial charge on any atom is -0.491 e. The maximum atomic E-state index is 10.5. The Morgan fingerprint density at radius 1 is 1.39 bits per heavy atom. The lowest BCUT2D eigenvalue weighted by Crippen LogP contribution is -2.29. The van der Waals surface area contributed by atoms with Crippen molar-refractivity contribution in [3.05, 3.63) is 35.9 Å². The first-order valence-corrected chi connectivity index (χ1v) is 5.90. The van der Waals surface area contributed by atoms with Gasteiger partial charge in [-0.3, -0.25) is 4.79 Å². The maximum absolute atomic E-state index is 10.5. The fourth-order valence-corrected chi connectivity index (χ4v) is 1.38. The molecule has 0 saturated carbocycles. The van der Waals surface area contributed by atoms with E-state index in [2.05, 4.69) is 0 Å². The Bertz CT molecular complexity index is 410. The van der Waals surface area contributed by atoms with E-state index in [1.807, 2.05) is 44.2 Å². The lowest BCUT2D eigenvalue weighted by atomic mass is 10.1. The van der Waals surface area contributed by atoms with Crippen molar-refractivity contribution in [2.24, 2.45) is 5.73 Å². The van der Waals surface area contributed by atoms with Gasteiger partial charge in [0.2, 0.25) is 0 Å². The van der Waals surface area contributed by atoms with E-state index in [-0.39, 0.29) is 6.10 Å². The Balaban J connectivity index is 2.53. The van der Waals surface area contributed by atoms with Crippen LogP contribution in [0.4, 0.5) is 0 Å². The van der Waals surface area contributed by atoms with Gasteiger partial charge in [0.15, 0.2) is 0 Å². The number of ether oxygens (including phenoxy) is 1. The zero-order chi connectivity index (χ0) is 13.5. The van der Waals surface area contributed by atoms with Crippen LogP contribution in [0.15, 0.2) is 30.3 Å². The van der Waals surface area contributed by atoms with Gasteiger partial charge >= 0.3 is 5.97 Å². The molecule has 0 heterocycles. The van der Waals surface area contributed by atoms with Gasteiger partial charge in [-0.2, -0.15) is 0 Å². The summed E-state index contributed by atoms with van der Waals surface area (Å²) in [5.74, 6) is -0.162. The van der Waals surface area contributed by atoms with Crippen molar-refractivity contribution in [3.63, 3.8) is 0 Å². The minimum atomic E-state index is -0.986. The SMILES string of the molecule is CC(C)Oc1ccc(/C=C/CC(N)C(=O)O)cc1. The van der Waals surface area contributed by atoms with Crippen molar-refractivity contribution in [2.45, 2.75) is 32.4 Å². The summed E-state index contributed by atoms with van der Waals surface area (Å²) >= 11 is 0. The van der Waals surface area contributed by atoms with Gasteiger partial charge in [0.1, 0.15) is 11.8 Å². The number of aliphatic carboxylic acids is 1. The van der Waals surface area contributed by atoms with Crippen LogP contribution in [-0.4, -0.2) is 23.2 Å². The van der Waals surface area contributed by atoms with Gasteiger partial charge in [-0.05, 0) is 38.0 Å². The smallest absolute Gasteiger partial charge is 0.320 e. The van der Waals surface area contributed by atoms with E-state index in [1.54, 1.807) is 6.08 Å². The van der Waals surface area contributed by atoms with Gasteiger partial charge in [-0.25, -0.2) is 0 Å². The summed E-state index contributed by atoms with van der Waals surface area (Å²) in [6.07, 6.45) is 4.08. The quantitative estimate of drug-likeness (QED) is 0.811. The standard InChI is InChI=1S/C14H19NO3/c1-10(2)18-12-8-6-11(7-9-12)4-3-5-13(15)14(16)17/h3-4,6-10,13H,5,15H2,1-2H3,(H,16,17)/b4-3+. The summed E-state index contributed by atoms with van der Waals surface area (Å²) in [5, 5.41) is 8.62. The number of carboxylic acids is 1. The molecule has 4 nitrogen and oxygen atoms in total. The van der Waals surface area contributed by atoms with E-state index in [0.29, 0.717) is 6.42 Å². The third kappa shape index (κ3) is 5.01. The Hall–Kier alpha value is -1.81. The molecule has 4 heteroatoms. The van der Waals surface area contributed by atoms with E-state index in [4.69, 9.17) is 15.6 Å². The lowest BCUT2D eigenvalue weighted by molar-refractivity contribution is -0.138. The number of rotatable bonds is 6. The Labute approximate surface area is 107 Å². The second-order valence-corrected chi connectivity index (χ2v) is 4.32. The number of hydrogen-bond donors (Lipinski definition) is 2. The molecule has 0 aliphatic rings. The van der Waals surface area contributed by atoms with Crippen LogP contribution in [0.1, 0.15) is 25.8 Å². The number of nitrogens with two attached hydrogens (primary N) is 1. The van der Waals surface area contributed by atoms with Crippen molar-refractivity contribution >= 4 is 12.0 Å². The van der Waals surface area contributed by atoms with Crippen LogP contribution in [0.25, 0.3) is 6.08 Å².